The van der Waals surface area contributed by atoms with E-state index in [-0.39, 0.29) is 18.8 Å². The van der Waals surface area contributed by atoms with E-state index in [1.165, 1.54) is 30.4 Å². The second-order valence-electron chi connectivity index (χ2n) is 7.61. The van der Waals surface area contributed by atoms with E-state index in [1.807, 2.05) is 32.9 Å². The van der Waals surface area contributed by atoms with Crippen LogP contribution in [0.25, 0.3) is 0 Å². The molecule has 1 saturated carbocycles. The van der Waals surface area contributed by atoms with E-state index in [0.717, 1.165) is 24.4 Å². The topological polar surface area (TPSA) is 9.23 Å². The lowest BCUT2D eigenvalue weighted by atomic mass is 9.91. The van der Waals surface area contributed by atoms with Gasteiger partial charge in [0.15, 0.2) is 0 Å². The third-order valence-corrected chi connectivity index (χ3v) is 4.99. The first kappa shape index (κ1) is 22.7. The summed E-state index contributed by atoms with van der Waals surface area (Å²) in [7, 11) is 0. The average molecular weight is 367 g/mol. The van der Waals surface area contributed by atoms with Gasteiger partial charge in [-0.1, -0.05) is 51.3 Å². The van der Waals surface area contributed by atoms with Crippen molar-refractivity contribution in [2.24, 2.45) is 5.92 Å². The number of aryl methyl sites for hydroxylation is 1. The lowest BCUT2D eigenvalue weighted by Gasteiger charge is -2.19. The van der Waals surface area contributed by atoms with Crippen LogP contribution >= 0.6 is 0 Å². The fraction of sp³-hybridized carbons (Fsp3) is 0.652. The molecule has 1 unspecified atom stereocenters. The van der Waals surface area contributed by atoms with Gasteiger partial charge < -0.3 is 4.74 Å². The molecule has 1 fully saturated rings. The molecule has 26 heavy (non-hydrogen) atoms. The molecule has 0 saturated heterocycles. The summed E-state index contributed by atoms with van der Waals surface area (Å²) in [6.07, 6.45) is 6.23. The number of ether oxygens (including phenoxy) is 1. The number of allylic oxidation sites excluding steroid dienone is 2. The van der Waals surface area contributed by atoms with Gasteiger partial charge in [0.05, 0.1) is 0 Å². The first-order valence-corrected chi connectivity index (χ1v) is 10.1. The van der Waals surface area contributed by atoms with E-state index < -0.39 is 5.92 Å². The summed E-state index contributed by atoms with van der Waals surface area (Å²) in [5.74, 6) is -0.227. The van der Waals surface area contributed by atoms with Gasteiger partial charge in [0.2, 0.25) is 5.92 Å². The van der Waals surface area contributed by atoms with Gasteiger partial charge in [0.1, 0.15) is 11.5 Å². The third kappa shape index (κ3) is 8.82. The highest BCUT2D eigenvalue weighted by Crippen LogP contribution is 2.30. The van der Waals surface area contributed by atoms with Crippen LogP contribution in [0.5, 0.6) is 5.75 Å². The van der Waals surface area contributed by atoms with E-state index in [2.05, 4.69) is 26.0 Å². The Kier molecular flexibility index (Phi) is 9.90. The molecule has 1 aliphatic rings. The molecule has 0 N–H and O–H groups in total. The first-order chi connectivity index (χ1) is 12.3. The second kappa shape index (κ2) is 11.4. The molecule has 0 aromatic heterocycles. The van der Waals surface area contributed by atoms with Crippen LogP contribution in [0.1, 0.15) is 84.6 Å². The Hall–Kier alpha value is -1.38. The summed E-state index contributed by atoms with van der Waals surface area (Å²) in [5.41, 5.74) is 2.75. The van der Waals surface area contributed by atoms with Crippen molar-refractivity contribution in [3.05, 3.63) is 41.2 Å². The van der Waals surface area contributed by atoms with E-state index in [4.69, 9.17) is 4.74 Å². The minimum absolute atomic E-state index is 0.0590. The maximum Gasteiger partial charge on any atom is 0.248 e. The Morgan fingerprint density at radius 3 is 2.23 bits per heavy atom. The van der Waals surface area contributed by atoms with Gasteiger partial charge >= 0.3 is 0 Å². The molecule has 0 bridgehead atoms. The van der Waals surface area contributed by atoms with Crippen LogP contribution < -0.4 is 4.74 Å². The SMILES string of the molecule is CC(Oc1ccc(C)cc1)=C1CCC1.CCCCC(F)(F)CC(C)CC. The quantitative estimate of drug-likeness (QED) is 0.422. The Morgan fingerprint density at radius 1 is 1.15 bits per heavy atom. The fourth-order valence-corrected chi connectivity index (χ4v) is 2.75. The zero-order chi connectivity index (χ0) is 19.6. The number of unbranched alkanes of at least 4 members (excludes halogenated alkanes) is 1. The molecule has 0 spiro atoms. The van der Waals surface area contributed by atoms with Crippen LogP contribution in [0.3, 0.4) is 0 Å². The van der Waals surface area contributed by atoms with Gasteiger partial charge in [-0.2, -0.15) is 0 Å². The smallest absolute Gasteiger partial charge is 0.248 e. The number of alkyl halides is 2. The molecule has 0 amide bonds. The predicted molar refractivity (Wildman–Crippen MR) is 107 cm³/mol. The van der Waals surface area contributed by atoms with Gasteiger partial charge in [-0.25, -0.2) is 8.78 Å². The maximum absolute atomic E-state index is 13.0. The van der Waals surface area contributed by atoms with Gasteiger partial charge in [0, 0.05) is 12.8 Å². The molecule has 148 valence electrons. The van der Waals surface area contributed by atoms with Crippen molar-refractivity contribution in [2.75, 3.05) is 0 Å². The molecule has 1 aromatic carbocycles. The summed E-state index contributed by atoms with van der Waals surface area (Å²) < 4.78 is 31.8. The molecule has 1 nitrogen and oxygen atoms in total. The number of hydrogen-bond acceptors (Lipinski definition) is 1. The van der Waals surface area contributed by atoms with Crippen molar-refractivity contribution in [1.82, 2.24) is 0 Å². The van der Waals surface area contributed by atoms with E-state index >= 15 is 0 Å². The summed E-state index contributed by atoms with van der Waals surface area (Å²) in [6.45, 7) is 9.94. The lowest BCUT2D eigenvalue weighted by Crippen LogP contribution is -2.19. The normalized spacial score (nSPS) is 14.8. The van der Waals surface area contributed by atoms with Crippen molar-refractivity contribution < 1.29 is 13.5 Å². The van der Waals surface area contributed by atoms with Crippen molar-refractivity contribution in [2.45, 2.75) is 91.9 Å². The molecule has 0 radical (unpaired) electrons. The van der Waals surface area contributed by atoms with Crippen LogP contribution in [0.15, 0.2) is 35.6 Å². The molecule has 1 aromatic rings. The summed E-state index contributed by atoms with van der Waals surface area (Å²) >= 11 is 0. The van der Waals surface area contributed by atoms with Crippen molar-refractivity contribution in [3.63, 3.8) is 0 Å². The predicted octanol–water partition coefficient (Wildman–Crippen LogP) is 8.08. The van der Waals surface area contributed by atoms with Crippen LogP contribution in [0, 0.1) is 12.8 Å². The van der Waals surface area contributed by atoms with E-state index in [1.54, 1.807) is 0 Å². The van der Waals surface area contributed by atoms with Crippen LogP contribution in [0.2, 0.25) is 0 Å². The van der Waals surface area contributed by atoms with Gasteiger partial charge in [-0.05, 0) is 63.2 Å². The molecule has 1 aliphatic carbocycles. The van der Waals surface area contributed by atoms with Crippen LogP contribution in [0.4, 0.5) is 8.78 Å². The first-order valence-electron chi connectivity index (χ1n) is 10.1. The Labute approximate surface area is 158 Å². The minimum atomic E-state index is -2.43. The monoisotopic (exact) mass is 366 g/mol. The minimum Gasteiger partial charge on any atom is -0.462 e. The molecule has 2 rings (SSSR count). The highest BCUT2D eigenvalue weighted by Gasteiger charge is 2.29. The fourth-order valence-electron chi connectivity index (χ4n) is 2.75. The van der Waals surface area contributed by atoms with Crippen LogP contribution in [-0.2, 0) is 0 Å². The number of rotatable bonds is 8. The van der Waals surface area contributed by atoms with Crippen molar-refractivity contribution in [1.29, 1.82) is 0 Å². The van der Waals surface area contributed by atoms with Crippen molar-refractivity contribution >= 4 is 0 Å². The van der Waals surface area contributed by atoms with Crippen LogP contribution in [-0.4, -0.2) is 5.92 Å². The molecular formula is C23H36F2O. The molecule has 0 aliphatic heterocycles. The number of hydrogen-bond donors (Lipinski definition) is 0. The molecule has 3 heteroatoms. The molecule has 1 atom stereocenters. The number of benzene rings is 1. The highest BCUT2D eigenvalue weighted by atomic mass is 19.3. The molecule has 0 heterocycles. The average Bonchev–Trinajstić information content (AvgIpc) is 2.53. The van der Waals surface area contributed by atoms with E-state index in [0.29, 0.717) is 6.42 Å². The standard InChI is InChI=1S/C13H16O.C10H20F2/c1-10-6-8-13(9-7-10)14-11(2)12-4-3-5-12;1-4-6-7-10(11,12)8-9(3)5-2/h6-9H,3-5H2,1-2H3;9H,4-8H2,1-3H3. The molecular weight excluding hydrogens is 330 g/mol. The second-order valence-corrected chi connectivity index (χ2v) is 7.61. The zero-order valence-corrected chi connectivity index (χ0v) is 17.2. The third-order valence-electron chi connectivity index (χ3n) is 4.99. The summed E-state index contributed by atoms with van der Waals surface area (Å²) in [5, 5.41) is 0. The summed E-state index contributed by atoms with van der Waals surface area (Å²) in [4.78, 5) is 0. The number of halogens is 2. The Morgan fingerprint density at radius 2 is 1.77 bits per heavy atom. The Balaban J connectivity index is 0.000000265. The van der Waals surface area contributed by atoms with Gasteiger partial charge in [-0.3, -0.25) is 0 Å². The van der Waals surface area contributed by atoms with E-state index in [9.17, 15) is 8.78 Å². The van der Waals surface area contributed by atoms with Crippen molar-refractivity contribution in [3.8, 4) is 5.75 Å². The van der Waals surface area contributed by atoms with Gasteiger partial charge in [0.25, 0.3) is 0 Å². The largest absolute Gasteiger partial charge is 0.462 e. The lowest BCUT2D eigenvalue weighted by molar-refractivity contribution is -0.0310. The summed E-state index contributed by atoms with van der Waals surface area (Å²) in [6, 6.07) is 8.21. The Bertz CT molecular complexity index is 540. The van der Waals surface area contributed by atoms with Gasteiger partial charge in [-0.15, -0.1) is 0 Å². The zero-order valence-electron chi connectivity index (χ0n) is 17.2. The highest BCUT2D eigenvalue weighted by molar-refractivity contribution is 5.29. The maximum atomic E-state index is 13.0.